The number of nitrogen functional groups attached to an aromatic ring is 2. The molecule has 0 spiro atoms. The van der Waals surface area contributed by atoms with Gasteiger partial charge in [-0.1, -0.05) is 35.3 Å². The second-order valence-electron chi connectivity index (χ2n) is 10.6. The lowest BCUT2D eigenvalue weighted by Gasteiger charge is -2.25. The van der Waals surface area contributed by atoms with E-state index in [2.05, 4.69) is 46.1 Å². The fourth-order valence-electron chi connectivity index (χ4n) is 4.88. The minimum atomic E-state index is 0.206. The molecule has 15 heteroatoms. The van der Waals surface area contributed by atoms with Crippen LogP contribution in [0.2, 0.25) is 10.0 Å². The van der Waals surface area contributed by atoms with Crippen molar-refractivity contribution in [2.75, 3.05) is 11.5 Å². The van der Waals surface area contributed by atoms with Gasteiger partial charge in [0.1, 0.15) is 45.8 Å². The second-order valence-corrected chi connectivity index (χ2v) is 12.2. The molecule has 8 rings (SSSR count). The number of phenolic OH excluding ortho intramolecular Hbond substituents is 1. The number of rotatable bonds is 4. The van der Waals surface area contributed by atoms with E-state index in [1.807, 2.05) is 21.5 Å². The van der Waals surface area contributed by atoms with E-state index in [0.717, 1.165) is 28.5 Å². The molecule has 0 radical (unpaired) electrons. The van der Waals surface area contributed by atoms with E-state index in [9.17, 15) is 0 Å². The number of aromatic nitrogens is 8. The highest BCUT2D eigenvalue weighted by Crippen LogP contribution is 2.39. The normalized spacial score (nSPS) is 14.6. The summed E-state index contributed by atoms with van der Waals surface area (Å²) >= 11 is 14.9. The third kappa shape index (κ3) is 6.75. The molecular weight excluding hydrogens is 683 g/mol. The molecular formula is C30H29BrCl2N10O2. The van der Waals surface area contributed by atoms with Crippen molar-refractivity contribution >= 4 is 72.8 Å². The van der Waals surface area contributed by atoms with Crippen LogP contribution in [0.15, 0.2) is 65.8 Å². The Labute approximate surface area is 276 Å². The number of aromatic hydroxyl groups is 1. The molecule has 0 amide bonds. The highest BCUT2D eigenvalue weighted by atomic mass is 79.9. The first-order chi connectivity index (χ1) is 21.8. The zero-order valence-electron chi connectivity index (χ0n) is 23.9. The summed E-state index contributed by atoms with van der Waals surface area (Å²) in [5.41, 5.74) is 13.3. The molecule has 4 aromatic heterocycles. The maximum atomic E-state index is 8.73. The first-order valence-electron chi connectivity index (χ1n) is 14.3. The molecule has 5 N–H and O–H groups in total. The summed E-state index contributed by atoms with van der Waals surface area (Å²) in [5, 5.41) is 20.4. The van der Waals surface area contributed by atoms with Crippen molar-refractivity contribution in [2.45, 2.75) is 50.6 Å². The van der Waals surface area contributed by atoms with Gasteiger partial charge in [0.25, 0.3) is 5.88 Å². The van der Waals surface area contributed by atoms with Crippen LogP contribution in [0.4, 0.5) is 11.6 Å². The molecule has 0 atom stereocenters. The quantitative estimate of drug-likeness (QED) is 0.166. The molecule has 2 aromatic carbocycles. The topological polar surface area (TPSA) is 169 Å². The fourth-order valence-corrected chi connectivity index (χ4v) is 5.79. The number of benzene rings is 2. The summed E-state index contributed by atoms with van der Waals surface area (Å²) < 4.78 is 10.5. The number of nitrogens with two attached hydrogens (primary N) is 2. The van der Waals surface area contributed by atoms with E-state index in [-0.39, 0.29) is 5.75 Å². The first-order valence-corrected chi connectivity index (χ1v) is 15.8. The van der Waals surface area contributed by atoms with Gasteiger partial charge in [-0.15, -0.1) is 5.10 Å². The lowest BCUT2D eigenvalue weighted by Crippen LogP contribution is -2.18. The van der Waals surface area contributed by atoms with Crippen molar-refractivity contribution in [1.29, 1.82) is 0 Å². The van der Waals surface area contributed by atoms with E-state index in [1.54, 1.807) is 30.3 Å². The Hall–Kier alpha value is -4.20. The number of hydrogen-bond acceptors (Lipinski definition) is 10. The van der Waals surface area contributed by atoms with Crippen LogP contribution >= 0.6 is 39.1 Å². The summed E-state index contributed by atoms with van der Waals surface area (Å²) in [5.74, 6) is 2.08. The van der Waals surface area contributed by atoms with Gasteiger partial charge >= 0.3 is 0 Å². The molecule has 2 fully saturated rings. The molecule has 2 aliphatic rings. The van der Waals surface area contributed by atoms with Crippen molar-refractivity contribution in [1.82, 2.24) is 39.5 Å². The van der Waals surface area contributed by atoms with Gasteiger partial charge in [-0.2, -0.15) is 5.10 Å². The Morgan fingerprint density at radius 1 is 0.756 bits per heavy atom. The number of phenols is 1. The van der Waals surface area contributed by atoms with Crippen LogP contribution in [-0.4, -0.2) is 44.6 Å². The Bertz CT molecular complexity index is 1940. The Morgan fingerprint density at radius 3 is 1.84 bits per heavy atom. The van der Waals surface area contributed by atoms with Gasteiger partial charge in [0.15, 0.2) is 11.3 Å². The summed E-state index contributed by atoms with van der Waals surface area (Å²) in [6, 6.07) is 14.5. The zero-order valence-corrected chi connectivity index (χ0v) is 27.0. The SMILES string of the molecule is Nc1ncnc2c1c(Br)nn2C1CCC1.Nc1ncnc2c1c(Oc1cccc(Cl)c1)nn2C1CCC1.Oc1cccc(Cl)c1. The summed E-state index contributed by atoms with van der Waals surface area (Å²) in [7, 11) is 0. The van der Waals surface area contributed by atoms with Crippen LogP contribution in [-0.2, 0) is 0 Å². The number of ether oxygens (including phenoxy) is 1. The summed E-state index contributed by atoms with van der Waals surface area (Å²) in [4.78, 5) is 16.6. The minimum absolute atomic E-state index is 0.206. The van der Waals surface area contributed by atoms with E-state index in [4.69, 9.17) is 44.5 Å². The monoisotopic (exact) mass is 710 g/mol. The Balaban J connectivity index is 0.000000134. The van der Waals surface area contributed by atoms with Gasteiger partial charge in [-0.3, -0.25) is 0 Å². The van der Waals surface area contributed by atoms with Crippen LogP contribution in [0.5, 0.6) is 17.4 Å². The average Bonchev–Trinajstić information content (AvgIpc) is 3.46. The van der Waals surface area contributed by atoms with E-state index in [0.29, 0.717) is 56.4 Å². The van der Waals surface area contributed by atoms with Gasteiger partial charge < -0.3 is 21.3 Å². The number of nitrogens with zero attached hydrogens (tertiary/aromatic N) is 8. The summed E-state index contributed by atoms with van der Waals surface area (Å²) in [6.45, 7) is 0. The molecule has 0 aliphatic heterocycles. The largest absolute Gasteiger partial charge is 0.508 e. The smallest absolute Gasteiger partial charge is 0.251 e. The lowest BCUT2D eigenvalue weighted by molar-refractivity contribution is 0.289. The Kier molecular flexibility index (Phi) is 9.19. The maximum absolute atomic E-state index is 8.73. The number of halogens is 3. The van der Waals surface area contributed by atoms with Gasteiger partial charge in [0.05, 0.1) is 17.5 Å². The highest BCUT2D eigenvalue weighted by Gasteiger charge is 2.27. The molecule has 6 aromatic rings. The van der Waals surface area contributed by atoms with Gasteiger partial charge in [-0.25, -0.2) is 29.3 Å². The van der Waals surface area contributed by atoms with Crippen molar-refractivity contribution in [3.8, 4) is 17.4 Å². The van der Waals surface area contributed by atoms with Crippen LogP contribution in [0.3, 0.4) is 0 Å². The van der Waals surface area contributed by atoms with E-state index in [1.165, 1.54) is 44.4 Å². The van der Waals surface area contributed by atoms with E-state index >= 15 is 0 Å². The van der Waals surface area contributed by atoms with Crippen LogP contribution < -0.4 is 16.2 Å². The highest BCUT2D eigenvalue weighted by molar-refractivity contribution is 9.10. The van der Waals surface area contributed by atoms with Crippen molar-refractivity contribution in [3.05, 3.63) is 75.8 Å². The average molecular weight is 712 g/mol. The van der Waals surface area contributed by atoms with Crippen LogP contribution in [0, 0.1) is 0 Å². The number of hydrogen-bond donors (Lipinski definition) is 3. The standard InChI is InChI=1S/C15H14ClN5O.C9H10BrN5.C6H5ClO/c16-9-3-1-6-11(7-9)22-15-12-13(17)18-8-19-14(12)21(20-15)10-4-2-5-10;10-7-6-8(11)12-4-13-9(6)15(14-7)5-2-1-3-5;7-5-2-1-3-6(8)4-5/h1,3,6-8,10H,2,4-5H2,(H2,17,18,19);4-5H,1-3H2,(H2,11,12,13);1-4,8H. The molecule has 45 heavy (non-hydrogen) atoms. The molecule has 232 valence electrons. The fraction of sp³-hybridized carbons (Fsp3) is 0.267. The molecule has 2 saturated carbocycles. The molecule has 2 aliphatic carbocycles. The predicted molar refractivity (Wildman–Crippen MR) is 178 cm³/mol. The third-order valence-electron chi connectivity index (χ3n) is 7.62. The molecule has 0 saturated heterocycles. The number of anilines is 2. The molecule has 0 bridgehead atoms. The summed E-state index contributed by atoms with van der Waals surface area (Å²) in [6.07, 6.45) is 9.95. The Morgan fingerprint density at radius 2 is 1.31 bits per heavy atom. The van der Waals surface area contributed by atoms with Gasteiger partial charge in [0, 0.05) is 10.0 Å². The van der Waals surface area contributed by atoms with Crippen molar-refractivity contribution in [2.24, 2.45) is 0 Å². The van der Waals surface area contributed by atoms with Crippen LogP contribution in [0.25, 0.3) is 22.1 Å². The molecule has 4 heterocycles. The van der Waals surface area contributed by atoms with Crippen LogP contribution in [0.1, 0.15) is 50.6 Å². The number of fused-ring (bicyclic) bond motifs is 2. The third-order valence-corrected chi connectivity index (χ3v) is 8.65. The predicted octanol–water partition coefficient (Wildman–Crippen LogP) is 7.52. The second kappa shape index (κ2) is 13.4. The zero-order chi connectivity index (χ0) is 31.5. The maximum Gasteiger partial charge on any atom is 0.251 e. The minimum Gasteiger partial charge on any atom is -0.508 e. The van der Waals surface area contributed by atoms with E-state index < -0.39 is 0 Å². The molecule has 0 unspecified atom stereocenters. The lowest BCUT2D eigenvalue weighted by atomic mass is 9.93. The van der Waals surface area contributed by atoms with Crippen molar-refractivity contribution < 1.29 is 9.84 Å². The van der Waals surface area contributed by atoms with Gasteiger partial charge in [-0.05, 0) is 90.9 Å². The molecule has 12 nitrogen and oxygen atoms in total. The van der Waals surface area contributed by atoms with Gasteiger partial charge in [0.2, 0.25) is 0 Å². The first kappa shape index (κ1) is 30.8. The van der Waals surface area contributed by atoms with Crippen molar-refractivity contribution in [3.63, 3.8) is 0 Å².